The first-order valence-corrected chi connectivity index (χ1v) is 5.45. The van der Waals surface area contributed by atoms with Gasteiger partial charge < -0.3 is 11.1 Å². The molecule has 13 heavy (non-hydrogen) atoms. The predicted octanol–water partition coefficient (Wildman–Crippen LogP) is 1.72. The van der Waals surface area contributed by atoms with Crippen molar-refractivity contribution in [3.63, 3.8) is 0 Å². The zero-order chi connectivity index (χ0) is 9.10. The highest BCUT2D eigenvalue weighted by Crippen LogP contribution is 2.27. The van der Waals surface area contributed by atoms with E-state index in [0.717, 1.165) is 24.0 Å². The lowest BCUT2D eigenvalue weighted by atomic mass is 10.3. The molecule has 1 heterocycles. The lowest BCUT2D eigenvalue weighted by molar-refractivity contribution is 0.858. The van der Waals surface area contributed by atoms with Gasteiger partial charge >= 0.3 is 0 Å². The average molecular weight is 194 g/mol. The molecule has 0 radical (unpaired) electrons. The number of hydrogen-bond acceptors (Lipinski definition) is 3. The van der Waals surface area contributed by atoms with Crippen LogP contribution in [0.4, 0.5) is 5.69 Å². The summed E-state index contributed by atoms with van der Waals surface area (Å²) in [5.41, 5.74) is 6.56. The van der Waals surface area contributed by atoms with E-state index in [1.54, 1.807) is 0 Å². The summed E-state index contributed by atoms with van der Waals surface area (Å²) in [7, 11) is 0. The second-order valence-electron chi connectivity index (χ2n) is 3.31. The Morgan fingerprint density at radius 2 is 2.38 bits per heavy atom. The monoisotopic (exact) mass is 194 g/mol. The van der Waals surface area contributed by atoms with Crippen molar-refractivity contribution in [2.24, 2.45) is 0 Å². The largest absolute Gasteiger partial charge is 0.399 e. The molecule has 1 atom stereocenters. The lowest BCUT2D eigenvalue weighted by Crippen LogP contribution is -2.09. The van der Waals surface area contributed by atoms with E-state index in [0.29, 0.717) is 0 Å². The molecule has 3 N–H and O–H groups in total. The molecule has 0 saturated carbocycles. The van der Waals surface area contributed by atoms with Gasteiger partial charge in [-0.3, -0.25) is 0 Å². The van der Waals surface area contributed by atoms with Gasteiger partial charge in [0, 0.05) is 22.4 Å². The van der Waals surface area contributed by atoms with Gasteiger partial charge in [0.05, 0.1) is 0 Å². The van der Waals surface area contributed by atoms with Crippen LogP contribution in [0.25, 0.3) is 0 Å². The maximum Gasteiger partial charge on any atom is 0.0325 e. The quantitative estimate of drug-likeness (QED) is 0.704. The molecule has 0 amide bonds. The number of rotatable bonds is 2. The van der Waals surface area contributed by atoms with Crippen molar-refractivity contribution in [1.82, 2.24) is 5.32 Å². The Kier molecular flexibility index (Phi) is 2.76. The van der Waals surface area contributed by atoms with Crippen LogP contribution in [-0.2, 0) is 0 Å². The Labute approximate surface area is 82.9 Å². The van der Waals surface area contributed by atoms with E-state index in [9.17, 15) is 0 Å². The lowest BCUT2D eigenvalue weighted by Gasteiger charge is -2.07. The Morgan fingerprint density at radius 3 is 3.08 bits per heavy atom. The van der Waals surface area contributed by atoms with E-state index >= 15 is 0 Å². The smallest absolute Gasteiger partial charge is 0.0325 e. The van der Waals surface area contributed by atoms with Gasteiger partial charge in [-0.1, -0.05) is 6.07 Å². The first-order chi connectivity index (χ1) is 6.34. The summed E-state index contributed by atoms with van der Waals surface area (Å²) < 4.78 is 0. The van der Waals surface area contributed by atoms with Crippen LogP contribution in [0, 0.1) is 0 Å². The fourth-order valence-electron chi connectivity index (χ4n) is 1.51. The fourth-order valence-corrected chi connectivity index (χ4v) is 2.69. The van der Waals surface area contributed by atoms with Crippen molar-refractivity contribution in [1.29, 1.82) is 0 Å². The predicted molar refractivity (Wildman–Crippen MR) is 58.0 cm³/mol. The van der Waals surface area contributed by atoms with E-state index < -0.39 is 0 Å². The van der Waals surface area contributed by atoms with Gasteiger partial charge in [-0.05, 0) is 31.2 Å². The maximum atomic E-state index is 5.70. The first-order valence-electron chi connectivity index (χ1n) is 4.57. The zero-order valence-corrected chi connectivity index (χ0v) is 8.31. The van der Waals surface area contributed by atoms with Crippen LogP contribution in [0.1, 0.15) is 6.42 Å². The summed E-state index contributed by atoms with van der Waals surface area (Å²) >= 11 is 1.92. The minimum Gasteiger partial charge on any atom is -0.399 e. The van der Waals surface area contributed by atoms with Crippen molar-refractivity contribution in [3.8, 4) is 0 Å². The van der Waals surface area contributed by atoms with Crippen LogP contribution in [0.5, 0.6) is 0 Å². The molecule has 0 unspecified atom stereocenters. The summed E-state index contributed by atoms with van der Waals surface area (Å²) in [6.45, 7) is 2.28. The summed E-state index contributed by atoms with van der Waals surface area (Å²) in [5.74, 6) is 0. The van der Waals surface area contributed by atoms with Gasteiger partial charge in [0.1, 0.15) is 0 Å². The van der Waals surface area contributed by atoms with Gasteiger partial charge in [-0.25, -0.2) is 0 Å². The molecule has 0 aromatic heterocycles. The second-order valence-corrected chi connectivity index (χ2v) is 4.68. The molecular formula is C10H14N2S. The molecule has 1 saturated heterocycles. The van der Waals surface area contributed by atoms with Crippen LogP contribution in [0.15, 0.2) is 29.2 Å². The molecule has 1 aliphatic heterocycles. The highest BCUT2D eigenvalue weighted by molar-refractivity contribution is 8.00. The van der Waals surface area contributed by atoms with Crippen LogP contribution in [0.2, 0.25) is 0 Å². The third-order valence-electron chi connectivity index (χ3n) is 2.18. The molecular weight excluding hydrogens is 180 g/mol. The summed E-state index contributed by atoms with van der Waals surface area (Å²) in [6, 6.07) is 8.11. The Hall–Kier alpha value is -0.670. The highest BCUT2D eigenvalue weighted by atomic mass is 32.2. The minimum atomic E-state index is 0.724. The fraction of sp³-hybridized carbons (Fsp3) is 0.400. The molecule has 2 rings (SSSR count). The van der Waals surface area contributed by atoms with Gasteiger partial charge in [-0.2, -0.15) is 0 Å². The van der Waals surface area contributed by atoms with Crippen LogP contribution < -0.4 is 11.1 Å². The maximum absolute atomic E-state index is 5.70. The van der Waals surface area contributed by atoms with E-state index in [2.05, 4.69) is 11.4 Å². The number of anilines is 1. The topological polar surface area (TPSA) is 38.0 Å². The number of benzene rings is 1. The Bertz CT molecular complexity index is 282. The van der Waals surface area contributed by atoms with Crippen molar-refractivity contribution in [3.05, 3.63) is 24.3 Å². The SMILES string of the molecule is Nc1cccc(S[C@H]2CCNC2)c1. The zero-order valence-electron chi connectivity index (χ0n) is 7.49. The number of nitrogens with two attached hydrogens (primary N) is 1. The second kappa shape index (κ2) is 4.03. The minimum absolute atomic E-state index is 0.724. The van der Waals surface area contributed by atoms with Gasteiger partial charge in [0.2, 0.25) is 0 Å². The molecule has 0 aliphatic carbocycles. The van der Waals surface area contributed by atoms with Crippen LogP contribution in [-0.4, -0.2) is 18.3 Å². The molecule has 1 aliphatic rings. The third kappa shape index (κ3) is 2.39. The molecule has 0 spiro atoms. The van der Waals surface area contributed by atoms with Crippen LogP contribution in [0.3, 0.4) is 0 Å². The van der Waals surface area contributed by atoms with Crippen molar-refractivity contribution >= 4 is 17.4 Å². The average Bonchev–Trinajstić information content (AvgIpc) is 2.57. The summed E-state index contributed by atoms with van der Waals surface area (Å²) in [6.07, 6.45) is 1.26. The van der Waals surface area contributed by atoms with E-state index in [-0.39, 0.29) is 0 Å². The number of thioether (sulfide) groups is 1. The Balaban J connectivity index is 2.00. The molecule has 1 fully saturated rings. The van der Waals surface area contributed by atoms with Gasteiger partial charge in [-0.15, -0.1) is 11.8 Å². The first kappa shape index (κ1) is 8.91. The number of hydrogen-bond donors (Lipinski definition) is 2. The van der Waals surface area contributed by atoms with Crippen molar-refractivity contribution in [2.45, 2.75) is 16.6 Å². The summed E-state index contributed by atoms with van der Waals surface area (Å²) in [5, 5.41) is 4.08. The van der Waals surface area contributed by atoms with E-state index in [1.165, 1.54) is 11.3 Å². The van der Waals surface area contributed by atoms with Gasteiger partial charge in [0.25, 0.3) is 0 Å². The normalized spacial score (nSPS) is 22.0. The van der Waals surface area contributed by atoms with Crippen LogP contribution >= 0.6 is 11.8 Å². The molecule has 0 bridgehead atoms. The van der Waals surface area contributed by atoms with E-state index in [1.807, 2.05) is 30.0 Å². The molecule has 3 heteroatoms. The van der Waals surface area contributed by atoms with E-state index in [4.69, 9.17) is 5.73 Å². The van der Waals surface area contributed by atoms with Gasteiger partial charge in [0.15, 0.2) is 0 Å². The van der Waals surface area contributed by atoms with Crippen molar-refractivity contribution < 1.29 is 0 Å². The molecule has 1 aromatic rings. The summed E-state index contributed by atoms with van der Waals surface area (Å²) in [4.78, 5) is 1.29. The number of nitrogens with one attached hydrogen (secondary N) is 1. The number of nitrogen functional groups attached to an aromatic ring is 1. The molecule has 1 aromatic carbocycles. The van der Waals surface area contributed by atoms with Crippen molar-refractivity contribution in [2.75, 3.05) is 18.8 Å². The highest BCUT2D eigenvalue weighted by Gasteiger charge is 2.15. The third-order valence-corrected chi connectivity index (χ3v) is 3.44. The standard InChI is InChI=1S/C10H14N2S/c11-8-2-1-3-9(6-8)13-10-4-5-12-7-10/h1-3,6,10,12H,4-5,7,11H2/t10-/m0/s1. The molecule has 2 nitrogen and oxygen atoms in total. The Morgan fingerprint density at radius 1 is 1.46 bits per heavy atom. The molecule has 70 valence electrons.